The van der Waals surface area contributed by atoms with E-state index in [1.54, 1.807) is 12.1 Å². The summed E-state index contributed by atoms with van der Waals surface area (Å²) >= 11 is 1.30. The SMILES string of the molecule is Cc1ccccc1NC(=O)CSc1nnc([C@H](C)[NH+](C)C)n1-c1ccc(F)cc1. The van der Waals surface area contributed by atoms with Crippen molar-refractivity contribution in [2.75, 3.05) is 25.2 Å². The standard InChI is InChI=1S/C21H24FN5OS/c1-14-7-5-6-8-18(14)23-19(28)13-29-21-25-24-20(15(2)26(3)4)27(21)17-11-9-16(22)10-12-17/h5-12,15H,13H2,1-4H3,(H,23,28)/p+1/t15-/m0/s1. The van der Waals surface area contributed by atoms with E-state index >= 15 is 0 Å². The van der Waals surface area contributed by atoms with Gasteiger partial charge in [0.1, 0.15) is 11.9 Å². The van der Waals surface area contributed by atoms with Crippen LogP contribution in [0.15, 0.2) is 53.7 Å². The van der Waals surface area contributed by atoms with E-state index in [9.17, 15) is 9.18 Å². The van der Waals surface area contributed by atoms with Crippen LogP contribution >= 0.6 is 11.8 Å². The van der Waals surface area contributed by atoms with Crippen LogP contribution in [-0.4, -0.2) is 40.5 Å². The zero-order valence-electron chi connectivity index (χ0n) is 16.9. The molecular formula is C21H25FN5OS+. The number of thioether (sulfide) groups is 1. The first-order chi connectivity index (χ1) is 13.9. The van der Waals surface area contributed by atoms with Crippen LogP contribution in [0.3, 0.4) is 0 Å². The number of nitrogens with one attached hydrogen (secondary N) is 2. The van der Waals surface area contributed by atoms with Crippen molar-refractivity contribution < 1.29 is 14.1 Å². The minimum Gasteiger partial charge on any atom is -0.331 e. The first kappa shape index (κ1) is 21.0. The number of benzene rings is 2. The van der Waals surface area contributed by atoms with Gasteiger partial charge in [-0.3, -0.25) is 9.36 Å². The number of nitrogens with zero attached hydrogens (tertiary/aromatic N) is 3. The van der Waals surface area contributed by atoms with Crippen LogP contribution in [0.2, 0.25) is 0 Å². The highest BCUT2D eigenvalue weighted by molar-refractivity contribution is 7.99. The van der Waals surface area contributed by atoms with Crippen LogP contribution in [0.1, 0.15) is 24.4 Å². The highest BCUT2D eigenvalue weighted by Gasteiger charge is 2.24. The van der Waals surface area contributed by atoms with E-state index in [0.29, 0.717) is 5.16 Å². The van der Waals surface area contributed by atoms with Gasteiger partial charge in [0, 0.05) is 11.4 Å². The molecule has 0 fully saturated rings. The largest absolute Gasteiger partial charge is 0.331 e. The second-order valence-corrected chi connectivity index (χ2v) is 8.05. The summed E-state index contributed by atoms with van der Waals surface area (Å²) in [7, 11) is 4.08. The van der Waals surface area contributed by atoms with Gasteiger partial charge in [-0.05, 0) is 49.7 Å². The number of para-hydroxylation sites is 1. The fourth-order valence-corrected chi connectivity index (χ4v) is 3.53. The second kappa shape index (κ2) is 9.19. The van der Waals surface area contributed by atoms with Crippen LogP contribution < -0.4 is 10.2 Å². The molecule has 0 aliphatic carbocycles. The molecule has 0 unspecified atom stereocenters. The molecular weight excluding hydrogens is 389 g/mol. The summed E-state index contributed by atoms with van der Waals surface area (Å²) in [6, 6.07) is 13.9. The quantitative estimate of drug-likeness (QED) is 0.584. The van der Waals surface area contributed by atoms with E-state index in [0.717, 1.165) is 22.8 Å². The maximum absolute atomic E-state index is 13.4. The van der Waals surface area contributed by atoms with E-state index in [-0.39, 0.29) is 23.5 Å². The summed E-state index contributed by atoms with van der Waals surface area (Å²) in [5.74, 6) is 0.530. The van der Waals surface area contributed by atoms with Gasteiger partial charge in [0.05, 0.1) is 19.8 Å². The Morgan fingerprint density at radius 1 is 1.17 bits per heavy atom. The molecule has 1 amide bonds. The molecule has 1 aromatic heterocycles. The van der Waals surface area contributed by atoms with Gasteiger partial charge in [0.2, 0.25) is 5.91 Å². The topological polar surface area (TPSA) is 64.2 Å². The van der Waals surface area contributed by atoms with Crippen molar-refractivity contribution in [3.63, 3.8) is 0 Å². The molecule has 1 heterocycles. The number of amides is 1. The molecule has 0 bridgehead atoms. The number of carbonyl (C=O) groups excluding carboxylic acids is 1. The normalized spacial score (nSPS) is 12.2. The van der Waals surface area contributed by atoms with E-state index in [4.69, 9.17) is 0 Å². The Morgan fingerprint density at radius 3 is 2.52 bits per heavy atom. The highest BCUT2D eigenvalue weighted by Crippen LogP contribution is 2.25. The van der Waals surface area contributed by atoms with E-state index in [1.165, 1.54) is 28.8 Å². The van der Waals surface area contributed by atoms with Crippen molar-refractivity contribution in [2.24, 2.45) is 0 Å². The van der Waals surface area contributed by atoms with Gasteiger partial charge in [-0.25, -0.2) is 4.39 Å². The lowest BCUT2D eigenvalue weighted by Crippen LogP contribution is -3.05. The Kier molecular flexibility index (Phi) is 6.66. The number of aryl methyl sites for hydroxylation is 1. The first-order valence-electron chi connectivity index (χ1n) is 9.36. The molecule has 3 rings (SSSR count). The zero-order valence-corrected chi connectivity index (χ0v) is 17.8. The van der Waals surface area contributed by atoms with Crippen molar-refractivity contribution in [3.05, 3.63) is 65.7 Å². The van der Waals surface area contributed by atoms with Crippen LogP contribution in [0.4, 0.5) is 10.1 Å². The third kappa shape index (κ3) is 5.02. The number of rotatable bonds is 7. The maximum atomic E-state index is 13.4. The van der Waals surface area contributed by atoms with Crippen LogP contribution in [0.5, 0.6) is 0 Å². The number of anilines is 1. The van der Waals surface area contributed by atoms with Gasteiger partial charge in [-0.15, -0.1) is 10.2 Å². The molecule has 0 saturated carbocycles. The fourth-order valence-electron chi connectivity index (χ4n) is 2.78. The first-order valence-corrected chi connectivity index (χ1v) is 10.3. The number of carbonyl (C=O) groups is 1. The molecule has 3 aromatic rings. The number of quaternary nitrogens is 1. The fraction of sp³-hybridized carbons (Fsp3) is 0.286. The van der Waals surface area contributed by atoms with Gasteiger partial charge < -0.3 is 10.2 Å². The molecule has 0 aliphatic heterocycles. The molecule has 1 atom stereocenters. The predicted octanol–water partition coefficient (Wildman–Crippen LogP) is 2.65. The van der Waals surface area contributed by atoms with Crippen LogP contribution in [0.25, 0.3) is 5.69 Å². The van der Waals surface area contributed by atoms with E-state index < -0.39 is 0 Å². The maximum Gasteiger partial charge on any atom is 0.234 e. The summed E-state index contributed by atoms with van der Waals surface area (Å²) in [6.07, 6.45) is 0. The average molecular weight is 415 g/mol. The molecule has 2 aromatic carbocycles. The lowest BCUT2D eigenvalue weighted by atomic mass is 10.2. The minimum atomic E-state index is -0.304. The third-order valence-corrected chi connectivity index (χ3v) is 5.68. The zero-order chi connectivity index (χ0) is 21.0. The van der Waals surface area contributed by atoms with Gasteiger partial charge in [0.25, 0.3) is 0 Å². The molecule has 2 N–H and O–H groups in total. The minimum absolute atomic E-state index is 0.0719. The molecule has 6 nitrogen and oxygen atoms in total. The van der Waals surface area contributed by atoms with Crippen LogP contribution in [-0.2, 0) is 4.79 Å². The van der Waals surface area contributed by atoms with Crippen molar-refractivity contribution in [1.29, 1.82) is 0 Å². The Hall–Kier alpha value is -2.71. The average Bonchev–Trinajstić information content (AvgIpc) is 3.12. The van der Waals surface area contributed by atoms with E-state index in [1.807, 2.05) is 49.9 Å². The molecule has 0 saturated heterocycles. The number of aromatic nitrogens is 3. The summed E-state index contributed by atoms with van der Waals surface area (Å²) in [5, 5.41) is 12.2. The van der Waals surface area contributed by atoms with Crippen LogP contribution in [0, 0.1) is 12.7 Å². The van der Waals surface area contributed by atoms with Crippen molar-refractivity contribution in [2.45, 2.75) is 25.0 Å². The summed E-state index contributed by atoms with van der Waals surface area (Å²) in [6.45, 7) is 4.00. The van der Waals surface area contributed by atoms with Crippen molar-refractivity contribution >= 4 is 23.4 Å². The predicted molar refractivity (Wildman–Crippen MR) is 113 cm³/mol. The van der Waals surface area contributed by atoms with E-state index in [2.05, 4.69) is 22.4 Å². The molecule has 0 radical (unpaired) electrons. The molecule has 0 aliphatic rings. The lowest BCUT2D eigenvalue weighted by Gasteiger charge is -2.18. The monoisotopic (exact) mass is 414 g/mol. The molecule has 8 heteroatoms. The van der Waals surface area contributed by atoms with Crippen molar-refractivity contribution in [3.8, 4) is 5.69 Å². The van der Waals surface area contributed by atoms with Gasteiger partial charge in [0.15, 0.2) is 11.0 Å². The highest BCUT2D eigenvalue weighted by atomic mass is 32.2. The summed E-state index contributed by atoms with van der Waals surface area (Å²) in [4.78, 5) is 13.6. The molecule has 0 spiro atoms. The Balaban J connectivity index is 1.82. The summed E-state index contributed by atoms with van der Waals surface area (Å²) < 4.78 is 15.3. The lowest BCUT2D eigenvalue weighted by molar-refractivity contribution is -0.890. The Labute approximate surface area is 174 Å². The van der Waals surface area contributed by atoms with Gasteiger partial charge in [-0.2, -0.15) is 0 Å². The Bertz CT molecular complexity index is 987. The number of hydrogen-bond donors (Lipinski definition) is 2. The number of halogens is 1. The van der Waals surface area contributed by atoms with Gasteiger partial charge >= 0.3 is 0 Å². The second-order valence-electron chi connectivity index (χ2n) is 7.10. The summed E-state index contributed by atoms with van der Waals surface area (Å²) in [5.41, 5.74) is 2.57. The Morgan fingerprint density at radius 2 is 1.86 bits per heavy atom. The van der Waals surface area contributed by atoms with Gasteiger partial charge in [-0.1, -0.05) is 30.0 Å². The third-order valence-electron chi connectivity index (χ3n) is 4.75. The molecule has 29 heavy (non-hydrogen) atoms. The smallest absolute Gasteiger partial charge is 0.234 e. The van der Waals surface area contributed by atoms with Crippen molar-refractivity contribution in [1.82, 2.24) is 14.8 Å². The molecule has 152 valence electrons. The number of hydrogen-bond acceptors (Lipinski definition) is 4.